The summed E-state index contributed by atoms with van der Waals surface area (Å²) in [6.07, 6.45) is 1.96. The van der Waals surface area contributed by atoms with Gasteiger partial charge in [0.1, 0.15) is 5.58 Å². The summed E-state index contributed by atoms with van der Waals surface area (Å²) in [5, 5.41) is 9.77. The zero-order chi connectivity index (χ0) is 18.4. The Hall–Kier alpha value is -1.70. The summed E-state index contributed by atoms with van der Waals surface area (Å²) in [6.45, 7) is 8.03. The Kier molecular flexibility index (Phi) is 4.51. The van der Waals surface area contributed by atoms with Gasteiger partial charge in [-0.05, 0) is 56.9 Å². The van der Waals surface area contributed by atoms with Gasteiger partial charge in [0.05, 0.1) is 11.2 Å². The van der Waals surface area contributed by atoms with Crippen LogP contribution in [-0.4, -0.2) is 35.1 Å². The first-order valence-corrected chi connectivity index (χ1v) is 8.70. The summed E-state index contributed by atoms with van der Waals surface area (Å²) >= 11 is 4.41. The van der Waals surface area contributed by atoms with Crippen molar-refractivity contribution < 1.29 is 23.6 Å². The Labute approximate surface area is 152 Å². The Morgan fingerprint density at radius 1 is 1.20 bits per heavy atom. The summed E-state index contributed by atoms with van der Waals surface area (Å²) < 4.78 is 17.4. The first-order valence-electron chi connectivity index (χ1n) is 8.07. The quantitative estimate of drug-likeness (QED) is 0.635. The number of carboxylic acids is 1. The molecule has 25 heavy (non-hydrogen) atoms. The lowest BCUT2D eigenvalue weighted by Gasteiger charge is -2.32. The van der Waals surface area contributed by atoms with E-state index < -0.39 is 24.3 Å². The molecule has 0 aliphatic carbocycles. The van der Waals surface area contributed by atoms with E-state index in [9.17, 15) is 4.79 Å². The van der Waals surface area contributed by atoms with Crippen LogP contribution in [0.4, 0.5) is 0 Å². The summed E-state index contributed by atoms with van der Waals surface area (Å²) in [6, 6.07) is 7.02. The fourth-order valence-corrected chi connectivity index (χ4v) is 2.89. The molecule has 3 rings (SSSR count). The van der Waals surface area contributed by atoms with Gasteiger partial charge in [-0.2, -0.15) is 12.6 Å². The molecule has 2 aromatic rings. The summed E-state index contributed by atoms with van der Waals surface area (Å²) in [7, 11) is -0.461. The molecule has 0 bridgehead atoms. The summed E-state index contributed by atoms with van der Waals surface area (Å²) in [5.74, 6) is -0.668. The van der Waals surface area contributed by atoms with E-state index in [0.717, 1.165) is 16.4 Å². The third kappa shape index (κ3) is 3.36. The maximum atomic E-state index is 11.0. The van der Waals surface area contributed by atoms with Crippen LogP contribution in [0.5, 0.6) is 0 Å². The Balaban J connectivity index is 1.92. The zero-order valence-corrected chi connectivity index (χ0v) is 15.6. The Morgan fingerprint density at radius 2 is 1.84 bits per heavy atom. The van der Waals surface area contributed by atoms with Crippen molar-refractivity contribution in [1.82, 2.24) is 0 Å². The second-order valence-electron chi connectivity index (χ2n) is 7.18. The molecule has 0 radical (unpaired) electrons. The van der Waals surface area contributed by atoms with Crippen LogP contribution in [0.25, 0.3) is 17.0 Å². The van der Waals surface area contributed by atoms with Gasteiger partial charge in [-0.3, -0.25) is 0 Å². The molecule has 1 aromatic heterocycles. The molecule has 1 aromatic carbocycles. The van der Waals surface area contributed by atoms with E-state index in [4.69, 9.17) is 18.8 Å². The number of carbonyl (C=O) groups is 1. The molecule has 7 heteroatoms. The van der Waals surface area contributed by atoms with Gasteiger partial charge in [-0.25, -0.2) is 4.79 Å². The fourth-order valence-electron chi connectivity index (χ4n) is 2.65. The minimum Gasteiger partial charge on any atom is -0.475 e. The van der Waals surface area contributed by atoms with Crippen LogP contribution in [0, 0.1) is 0 Å². The number of thiol groups is 1. The lowest BCUT2D eigenvalue weighted by atomic mass is 9.78. The number of carboxylic acid groups (broad SMARTS) is 1. The van der Waals surface area contributed by atoms with Gasteiger partial charge in [0.25, 0.3) is 0 Å². The number of furan rings is 1. The molecule has 1 fully saturated rings. The molecule has 0 spiro atoms. The van der Waals surface area contributed by atoms with Crippen molar-refractivity contribution in [2.45, 2.75) is 38.9 Å². The zero-order valence-electron chi connectivity index (χ0n) is 14.7. The van der Waals surface area contributed by atoms with Crippen molar-refractivity contribution >= 4 is 42.8 Å². The molecule has 1 saturated heterocycles. The summed E-state index contributed by atoms with van der Waals surface area (Å²) in [4.78, 5) is 11.0. The van der Waals surface area contributed by atoms with E-state index in [-0.39, 0.29) is 5.76 Å². The average Bonchev–Trinajstić information content (AvgIpc) is 3.03. The number of fused-ring (bicyclic) bond motifs is 1. The van der Waals surface area contributed by atoms with Crippen LogP contribution in [0.3, 0.4) is 0 Å². The van der Waals surface area contributed by atoms with E-state index in [2.05, 4.69) is 12.6 Å². The molecular formula is C18H21BO5S. The van der Waals surface area contributed by atoms with Crippen LogP contribution in [0.2, 0.25) is 0 Å². The van der Waals surface area contributed by atoms with Gasteiger partial charge in [0.15, 0.2) is 0 Å². The van der Waals surface area contributed by atoms with Crippen molar-refractivity contribution in [2.24, 2.45) is 0 Å². The predicted molar refractivity (Wildman–Crippen MR) is 101 cm³/mol. The van der Waals surface area contributed by atoms with Crippen LogP contribution in [0.1, 0.15) is 43.8 Å². The average molecular weight is 360 g/mol. The highest BCUT2D eigenvalue weighted by Crippen LogP contribution is 2.39. The number of benzene rings is 1. The number of aromatic carboxylic acids is 1. The van der Waals surface area contributed by atoms with E-state index in [1.807, 2.05) is 45.9 Å². The highest BCUT2D eigenvalue weighted by atomic mass is 32.1. The topological polar surface area (TPSA) is 68.9 Å². The molecule has 2 heterocycles. The van der Waals surface area contributed by atoms with Gasteiger partial charge in [-0.1, -0.05) is 12.1 Å². The van der Waals surface area contributed by atoms with Crippen LogP contribution in [0.15, 0.2) is 34.2 Å². The minimum atomic E-state index is -1.08. The molecular weight excluding hydrogens is 339 g/mol. The molecule has 0 unspecified atom stereocenters. The van der Waals surface area contributed by atoms with Gasteiger partial charge >= 0.3 is 13.1 Å². The normalized spacial score (nSPS) is 19.6. The molecule has 0 amide bonds. The lowest BCUT2D eigenvalue weighted by molar-refractivity contribution is 0.00578. The number of hydrogen-bond acceptors (Lipinski definition) is 5. The smallest absolute Gasteiger partial charge is 0.475 e. The maximum absolute atomic E-state index is 11.0. The van der Waals surface area contributed by atoms with Crippen LogP contribution < -0.4 is 0 Å². The molecule has 5 nitrogen and oxygen atoms in total. The van der Waals surface area contributed by atoms with Crippen molar-refractivity contribution in [1.29, 1.82) is 0 Å². The van der Waals surface area contributed by atoms with Crippen molar-refractivity contribution in [2.75, 3.05) is 5.75 Å². The molecule has 1 N–H and O–H groups in total. The minimum absolute atomic E-state index is 0.0727. The van der Waals surface area contributed by atoms with E-state index in [0.29, 0.717) is 11.3 Å². The fraction of sp³-hybridized carbons (Fsp3) is 0.389. The van der Waals surface area contributed by atoms with Gasteiger partial charge in [-0.15, -0.1) is 0 Å². The van der Waals surface area contributed by atoms with Crippen LogP contribution in [-0.2, 0) is 9.31 Å². The van der Waals surface area contributed by atoms with E-state index >= 15 is 0 Å². The molecule has 1 aliphatic heterocycles. The van der Waals surface area contributed by atoms with Gasteiger partial charge in [0.2, 0.25) is 5.76 Å². The highest BCUT2D eigenvalue weighted by molar-refractivity contribution is 7.80. The number of rotatable bonds is 4. The number of hydrogen-bond donors (Lipinski definition) is 2. The monoisotopic (exact) mass is 360 g/mol. The maximum Gasteiger partial charge on any atom is 0.491 e. The van der Waals surface area contributed by atoms with Gasteiger partial charge < -0.3 is 18.8 Å². The van der Waals surface area contributed by atoms with Crippen molar-refractivity contribution in [3.63, 3.8) is 0 Å². The molecule has 0 atom stereocenters. The largest absolute Gasteiger partial charge is 0.491 e. The SMILES string of the molecule is CC1(C)OB(C(=Cc2ccc3oc(C(=O)O)cc3c2)CS)OC1(C)C. The second-order valence-corrected chi connectivity index (χ2v) is 7.49. The Morgan fingerprint density at radius 3 is 2.40 bits per heavy atom. The third-order valence-electron chi connectivity index (χ3n) is 4.84. The van der Waals surface area contributed by atoms with E-state index in [1.165, 1.54) is 6.07 Å². The highest BCUT2D eigenvalue weighted by Gasteiger charge is 2.52. The van der Waals surface area contributed by atoms with E-state index in [1.54, 1.807) is 6.07 Å². The van der Waals surface area contributed by atoms with Crippen LogP contribution >= 0.6 is 12.6 Å². The molecule has 1 aliphatic rings. The lowest BCUT2D eigenvalue weighted by Crippen LogP contribution is -2.41. The van der Waals surface area contributed by atoms with Crippen molar-refractivity contribution in [3.8, 4) is 0 Å². The summed E-state index contributed by atoms with van der Waals surface area (Å²) in [5.41, 5.74) is 1.53. The standard InChI is InChI=1S/C18H21BO5S/c1-17(2)18(3,4)24-19(23-17)13(10-25)8-11-5-6-14-12(7-11)9-15(22-14)16(20)21/h5-9,25H,10H2,1-4H3,(H,20,21). The van der Waals surface area contributed by atoms with Crippen molar-refractivity contribution in [3.05, 3.63) is 41.1 Å². The van der Waals surface area contributed by atoms with Gasteiger partial charge in [0, 0.05) is 11.1 Å². The second kappa shape index (κ2) is 6.23. The predicted octanol–water partition coefficient (Wildman–Crippen LogP) is 4.08. The first kappa shape index (κ1) is 18.1. The molecule has 0 saturated carbocycles. The molecule has 132 valence electrons. The third-order valence-corrected chi connectivity index (χ3v) is 5.21. The first-order chi connectivity index (χ1) is 11.6. The Bertz CT molecular complexity index is 836.